The number of quaternary nitrogens is 1. The fraction of sp³-hybridized carbons (Fsp3) is 0.385. The SMILES string of the molecule is CC1=C(CN)[N+](C)(O)C(c2ccc(Cl)c(Cl)c2)N1C.Cl.Cl. The van der Waals surface area contributed by atoms with Crippen molar-refractivity contribution in [2.45, 2.75) is 13.1 Å². The monoisotopic (exact) mass is 374 g/mol. The molecule has 0 aliphatic carbocycles. The largest absolute Gasteiger partial charge is 0.322 e. The van der Waals surface area contributed by atoms with Crippen LogP contribution in [0, 0.1) is 0 Å². The van der Waals surface area contributed by atoms with Crippen LogP contribution in [-0.4, -0.2) is 35.4 Å². The second-order valence-electron chi connectivity index (χ2n) is 4.92. The number of rotatable bonds is 2. The van der Waals surface area contributed by atoms with E-state index in [1.165, 1.54) is 0 Å². The molecule has 1 aliphatic rings. The number of benzene rings is 1. The van der Waals surface area contributed by atoms with Crippen molar-refractivity contribution in [2.24, 2.45) is 5.73 Å². The Hall–Kier alpha value is -0.200. The number of nitrogens with zero attached hydrogens (tertiary/aromatic N) is 2. The van der Waals surface area contributed by atoms with Gasteiger partial charge in [0.2, 0.25) is 6.17 Å². The van der Waals surface area contributed by atoms with Crippen molar-refractivity contribution < 1.29 is 9.85 Å². The Balaban J connectivity index is 0.00000200. The van der Waals surface area contributed by atoms with E-state index in [1.807, 2.05) is 24.9 Å². The molecule has 4 nitrogen and oxygen atoms in total. The van der Waals surface area contributed by atoms with Crippen molar-refractivity contribution in [3.63, 3.8) is 0 Å². The predicted octanol–water partition coefficient (Wildman–Crippen LogP) is 3.81. The van der Waals surface area contributed by atoms with Crippen molar-refractivity contribution in [3.8, 4) is 0 Å². The van der Waals surface area contributed by atoms with Gasteiger partial charge in [-0.2, -0.15) is 0 Å². The predicted molar refractivity (Wildman–Crippen MR) is 91.2 cm³/mol. The van der Waals surface area contributed by atoms with Gasteiger partial charge in [0.15, 0.2) is 5.70 Å². The highest BCUT2D eigenvalue weighted by Gasteiger charge is 2.48. The van der Waals surface area contributed by atoms with Crippen molar-refractivity contribution in [1.29, 1.82) is 0 Å². The normalized spacial score (nSPS) is 24.7. The summed E-state index contributed by atoms with van der Waals surface area (Å²) in [5.74, 6) is 0. The van der Waals surface area contributed by atoms with Crippen LogP contribution in [0.15, 0.2) is 29.6 Å². The lowest BCUT2D eigenvalue weighted by Crippen LogP contribution is -2.44. The molecule has 0 bridgehead atoms. The number of hydrogen-bond donors (Lipinski definition) is 2. The zero-order valence-corrected chi connectivity index (χ0v) is 15.2. The van der Waals surface area contributed by atoms with Crippen molar-refractivity contribution in [1.82, 2.24) is 4.90 Å². The van der Waals surface area contributed by atoms with E-state index in [0.717, 1.165) is 17.0 Å². The second kappa shape index (κ2) is 7.38. The lowest BCUT2D eigenvalue weighted by Gasteiger charge is -2.32. The van der Waals surface area contributed by atoms with E-state index in [1.54, 1.807) is 19.2 Å². The number of hydrogen-bond acceptors (Lipinski definition) is 3. The number of allylic oxidation sites excluding steroid dienone is 1. The quantitative estimate of drug-likeness (QED) is 0.772. The van der Waals surface area contributed by atoms with Gasteiger partial charge in [-0.1, -0.05) is 23.2 Å². The molecular formula is C13H20Cl4N3O+. The van der Waals surface area contributed by atoms with Crippen molar-refractivity contribution in [3.05, 3.63) is 45.2 Å². The Kier molecular flexibility index (Phi) is 7.31. The van der Waals surface area contributed by atoms with Crippen LogP contribution < -0.4 is 5.73 Å². The first kappa shape index (κ1) is 20.8. The van der Waals surface area contributed by atoms with E-state index < -0.39 is 0 Å². The molecule has 0 aromatic heterocycles. The summed E-state index contributed by atoms with van der Waals surface area (Å²) in [6, 6.07) is 5.39. The average Bonchev–Trinajstić information content (AvgIpc) is 2.50. The molecule has 0 amide bonds. The summed E-state index contributed by atoms with van der Waals surface area (Å²) in [4.78, 5) is 2.00. The van der Waals surface area contributed by atoms with E-state index in [0.29, 0.717) is 16.6 Å². The summed E-state index contributed by atoms with van der Waals surface area (Å²) < 4.78 is -0.281. The molecule has 0 saturated heterocycles. The van der Waals surface area contributed by atoms with Crippen LogP contribution in [0.2, 0.25) is 10.0 Å². The second-order valence-corrected chi connectivity index (χ2v) is 5.74. The molecule has 2 atom stereocenters. The molecule has 2 rings (SSSR count). The van der Waals surface area contributed by atoms with Gasteiger partial charge in [0.1, 0.15) is 7.05 Å². The molecule has 1 aromatic rings. The van der Waals surface area contributed by atoms with Crippen LogP contribution in [0.1, 0.15) is 18.7 Å². The highest BCUT2D eigenvalue weighted by molar-refractivity contribution is 6.42. The topological polar surface area (TPSA) is 49.5 Å². The van der Waals surface area contributed by atoms with E-state index in [4.69, 9.17) is 28.9 Å². The lowest BCUT2D eigenvalue weighted by atomic mass is 10.1. The van der Waals surface area contributed by atoms with Crippen LogP contribution >= 0.6 is 48.0 Å². The lowest BCUT2D eigenvalue weighted by molar-refractivity contribution is -1.08. The van der Waals surface area contributed by atoms with Crippen molar-refractivity contribution in [2.75, 3.05) is 20.6 Å². The minimum absolute atomic E-state index is 0. The molecular weight excluding hydrogens is 356 g/mol. The molecule has 120 valence electrons. The van der Waals surface area contributed by atoms with Gasteiger partial charge >= 0.3 is 0 Å². The first-order chi connectivity index (χ1) is 8.80. The van der Waals surface area contributed by atoms with Crippen LogP contribution in [0.4, 0.5) is 0 Å². The third-order valence-corrected chi connectivity index (χ3v) is 4.51. The molecule has 1 heterocycles. The summed E-state index contributed by atoms with van der Waals surface area (Å²) in [5, 5.41) is 11.7. The van der Waals surface area contributed by atoms with Crippen LogP contribution in [0.3, 0.4) is 0 Å². The maximum atomic E-state index is 10.8. The molecule has 1 aliphatic heterocycles. The van der Waals surface area contributed by atoms with E-state index in [2.05, 4.69) is 0 Å². The summed E-state index contributed by atoms with van der Waals surface area (Å²) >= 11 is 12.0. The molecule has 0 radical (unpaired) electrons. The first-order valence-electron chi connectivity index (χ1n) is 5.97. The molecule has 0 fully saturated rings. The Morgan fingerprint density at radius 2 is 1.86 bits per heavy atom. The minimum atomic E-state index is -0.281. The maximum absolute atomic E-state index is 10.8. The van der Waals surface area contributed by atoms with Gasteiger partial charge in [0.05, 0.1) is 22.3 Å². The molecule has 0 saturated carbocycles. The molecule has 8 heteroatoms. The Labute approximate surface area is 147 Å². The molecule has 21 heavy (non-hydrogen) atoms. The number of nitrogens with two attached hydrogens (primary N) is 1. The van der Waals surface area contributed by atoms with Crippen LogP contribution in [0.25, 0.3) is 0 Å². The van der Waals surface area contributed by atoms with Gasteiger partial charge in [0, 0.05) is 12.6 Å². The van der Waals surface area contributed by atoms with E-state index in [-0.39, 0.29) is 35.6 Å². The smallest absolute Gasteiger partial charge is 0.225 e. The molecule has 0 spiro atoms. The molecule has 3 N–H and O–H groups in total. The highest BCUT2D eigenvalue weighted by Crippen LogP contribution is 2.42. The van der Waals surface area contributed by atoms with E-state index >= 15 is 0 Å². The number of likely N-dealkylation sites (N-methyl/N-ethyl adjacent to an activating group) is 1. The van der Waals surface area contributed by atoms with Gasteiger partial charge in [-0.15, -0.1) is 29.5 Å². The standard InChI is InChI=1S/C13H18Cl2N3O.2ClH/c1-8-12(7-16)18(3,19)13(17(8)2)9-4-5-10(14)11(15)6-9;;/h4-6,13,19H,7,16H2,1-3H3;2*1H/q+1;;. The number of hydroxylamine groups is 3. The highest BCUT2D eigenvalue weighted by atomic mass is 35.5. The Morgan fingerprint density at radius 1 is 1.29 bits per heavy atom. The van der Waals surface area contributed by atoms with Gasteiger partial charge in [-0.05, 0) is 25.1 Å². The van der Waals surface area contributed by atoms with Crippen molar-refractivity contribution >= 4 is 48.0 Å². The zero-order valence-electron chi connectivity index (χ0n) is 12.0. The van der Waals surface area contributed by atoms with E-state index in [9.17, 15) is 5.21 Å². The summed E-state index contributed by atoms with van der Waals surface area (Å²) in [6.45, 7) is 2.26. The minimum Gasteiger partial charge on any atom is -0.322 e. The first-order valence-corrected chi connectivity index (χ1v) is 6.73. The third-order valence-electron chi connectivity index (χ3n) is 3.77. The Morgan fingerprint density at radius 3 is 2.29 bits per heavy atom. The van der Waals surface area contributed by atoms with Crippen LogP contribution in [0.5, 0.6) is 0 Å². The summed E-state index contributed by atoms with van der Waals surface area (Å²) in [6.07, 6.45) is -0.270. The van der Waals surface area contributed by atoms with Gasteiger partial charge in [0.25, 0.3) is 0 Å². The zero-order chi connectivity index (χ0) is 14.4. The van der Waals surface area contributed by atoms with Gasteiger partial charge in [-0.25, -0.2) is 5.21 Å². The van der Waals surface area contributed by atoms with Crippen LogP contribution in [-0.2, 0) is 0 Å². The third kappa shape index (κ3) is 3.42. The van der Waals surface area contributed by atoms with Gasteiger partial charge < -0.3 is 10.6 Å². The fourth-order valence-corrected chi connectivity index (χ4v) is 3.03. The fourth-order valence-electron chi connectivity index (χ4n) is 2.72. The summed E-state index contributed by atoms with van der Waals surface area (Å²) in [7, 11) is 3.65. The number of halogens is 4. The maximum Gasteiger partial charge on any atom is 0.225 e. The molecule has 2 unspecified atom stereocenters. The van der Waals surface area contributed by atoms with Gasteiger partial charge in [-0.3, -0.25) is 0 Å². The Bertz CT molecular complexity index is 548. The average molecular weight is 376 g/mol. The molecule has 1 aromatic carbocycles. The summed E-state index contributed by atoms with van der Waals surface area (Å²) in [5.41, 5.74) is 8.41.